The van der Waals surface area contributed by atoms with E-state index in [-0.39, 0.29) is 0 Å². The summed E-state index contributed by atoms with van der Waals surface area (Å²) in [7, 11) is 0. The van der Waals surface area contributed by atoms with E-state index < -0.39 is 0 Å². The van der Waals surface area contributed by atoms with E-state index >= 15 is 0 Å². The Balaban J connectivity index is 2.84. The normalized spacial score (nSPS) is 13.2. The Kier molecular flexibility index (Phi) is 11.9. The van der Waals surface area contributed by atoms with Crippen molar-refractivity contribution in [1.29, 1.82) is 0 Å². The van der Waals surface area contributed by atoms with Gasteiger partial charge in [0.2, 0.25) is 0 Å². The molecule has 1 unspecified atom stereocenters. The second-order valence-electron chi connectivity index (χ2n) is 4.66. The van der Waals surface area contributed by atoms with Crippen molar-refractivity contribution in [2.75, 3.05) is 0 Å². The van der Waals surface area contributed by atoms with Crippen LogP contribution in [0.15, 0.2) is 0 Å². The minimum atomic E-state index is 1.04. The Bertz CT molecular complexity index is 89.1. The van der Waals surface area contributed by atoms with Crippen molar-refractivity contribution in [3.8, 4) is 0 Å². The first-order valence-corrected chi connectivity index (χ1v) is 7.42. The van der Waals surface area contributed by atoms with Crippen molar-refractivity contribution >= 4 is 27.9 Å². The van der Waals surface area contributed by atoms with Crippen LogP contribution in [-0.2, 0) is 0 Å². The quantitative estimate of drug-likeness (QED) is 0.373. The van der Waals surface area contributed by atoms with Gasteiger partial charge >= 0.3 is 103 Å². The van der Waals surface area contributed by atoms with Gasteiger partial charge in [0.25, 0.3) is 0 Å². The zero-order chi connectivity index (χ0) is 9.94. The van der Waals surface area contributed by atoms with Gasteiger partial charge in [-0.2, -0.15) is 0 Å². The van der Waals surface area contributed by atoms with Crippen molar-refractivity contribution < 1.29 is 0 Å². The second kappa shape index (κ2) is 11.1. The van der Waals surface area contributed by atoms with Crippen LogP contribution in [0, 0.1) is 0 Å². The fraction of sp³-hybridized carbons (Fsp3) is 1.00. The van der Waals surface area contributed by atoms with Crippen molar-refractivity contribution in [3.05, 3.63) is 0 Å². The van der Waals surface area contributed by atoms with Gasteiger partial charge in [0, 0.05) is 0 Å². The van der Waals surface area contributed by atoms with Crippen LogP contribution in [-0.4, -0.2) is 27.9 Å². The fourth-order valence-corrected chi connectivity index (χ4v) is 2.09. The fourth-order valence-electron chi connectivity index (χ4n) is 1.69. The van der Waals surface area contributed by atoms with E-state index in [1.165, 1.54) is 85.7 Å². The van der Waals surface area contributed by atoms with Gasteiger partial charge in [-0.25, -0.2) is 0 Å². The molecule has 0 aliphatic rings. The van der Waals surface area contributed by atoms with Gasteiger partial charge in [-0.15, -0.1) is 0 Å². The molecule has 74 valence electrons. The second-order valence-corrected chi connectivity index (χ2v) is 6.63. The van der Waals surface area contributed by atoms with Crippen LogP contribution in [0.1, 0.15) is 71.6 Å². The molecule has 0 amide bonds. The Hall–Kier alpha value is 1.00. The van der Waals surface area contributed by atoms with Crippen LogP contribution in [0.4, 0.5) is 0 Å². The maximum atomic E-state index is 2.38. The van der Waals surface area contributed by atoms with Gasteiger partial charge in [0.1, 0.15) is 0 Å². The molecule has 0 spiro atoms. The summed E-state index contributed by atoms with van der Waals surface area (Å²) in [5.41, 5.74) is 0. The third-order valence-electron chi connectivity index (χ3n) is 2.64. The molecule has 0 heterocycles. The third kappa shape index (κ3) is 13.0. The molecule has 0 fully saturated rings. The molecule has 0 N–H and O–H groups in total. The van der Waals surface area contributed by atoms with E-state index in [0.717, 1.165) is 3.17 Å². The van der Waals surface area contributed by atoms with Gasteiger partial charge < -0.3 is 0 Å². The van der Waals surface area contributed by atoms with E-state index in [2.05, 4.69) is 13.8 Å². The predicted molar refractivity (Wildman–Crippen MR) is 62.4 cm³/mol. The Morgan fingerprint density at radius 3 is 1.77 bits per heavy atom. The van der Waals surface area contributed by atoms with Crippen LogP contribution in [0.3, 0.4) is 0 Å². The zero-order valence-electron chi connectivity index (χ0n) is 9.94. The summed E-state index contributed by atoms with van der Waals surface area (Å²) >= 11 is 1.39. The summed E-state index contributed by atoms with van der Waals surface area (Å²) in [6.07, 6.45) is 13.2. The molecule has 0 rings (SSSR count). The Morgan fingerprint density at radius 2 is 1.31 bits per heavy atom. The molecular weight excluding hydrogens is 167 g/mol. The molecule has 1 heteroatoms. The van der Waals surface area contributed by atoms with Gasteiger partial charge in [0.05, 0.1) is 0 Å². The van der Waals surface area contributed by atoms with E-state index in [1.54, 1.807) is 0 Å². The minimum absolute atomic E-state index is 1.04. The molecule has 0 aliphatic carbocycles. The standard InChI is InChI=1S/C12H25.Na/c1-3-5-7-9-11-12-10-8-6-4-2;/h3H,4-12H2,1-2H3;. The monoisotopic (exact) mass is 192 g/mol. The Labute approximate surface area is 102 Å². The first-order valence-electron chi connectivity index (χ1n) is 6.27. The molecule has 0 aromatic carbocycles. The number of hydrogen-bond acceptors (Lipinski definition) is 0. The molecule has 13 heavy (non-hydrogen) atoms. The molecule has 0 bridgehead atoms. The summed E-state index contributed by atoms with van der Waals surface area (Å²) in [5, 5.41) is 0. The molecular formula is C12H25Na. The van der Waals surface area contributed by atoms with Gasteiger partial charge in [-0.3, -0.25) is 0 Å². The summed E-state index contributed by atoms with van der Waals surface area (Å²) in [5.74, 6) is 0. The van der Waals surface area contributed by atoms with E-state index in [4.69, 9.17) is 0 Å². The van der Waals surface area contributed by atoms with Crippen LogP contribution in [0.5, 0.6) is 0 Å². The molecule has 0 aliphatic heterocycles. The number of unbranched alkanes of at least 4 members (excludes halogenated alkanes) is 7. The Morgan fingerprint density at radius 1 is 0.846 bits per heavy atom. The van der Waals surface area contributed by atoms with Crippen LogP contribution >= 0.6 is 0 Å². The van der Waals surface area contributed by atoms with Crippen molar-refractivity contribution in [1.82, 2.24) is 0 Å². The van der Waals surface area contributed by atoms with Crippen molar-refractivity contribution in [2.45, 2.75) is 74.8 Å². The third-order valence-corrected chi connectivity index (χ3v) is 3.21. The van der Waals surface area contributed by atoms with Crippen LogP contribution in [0.25, 0.3) is 0 Å². The zero-order valence-corrected chi connectivity index (χ0v) is 11.9. The summed E-state index contributed by atoms with van der Waals surface area (Å²) < 4.78 is 1.04. The average molecular weight is 192 g/mol. The number of rotatable bonds is 9. The van der Waals surface area contributed by atoms with Crippen LogP contribution in [0.2, 0.25) is 3.17 Å². The molecule has 0 nitrogen and oxygen atoms in total. The number of hydrogen-bond donors (Lipinski definition) is 0. The van der Waals surface area contributed by atoms with E-state index in [1.807, 2.05) is 0 Å². The average Bonchev–Trinajstić information content (AvgIpc) is 2.09. The molecule has 0 aromatic heterocycles. The predicted octanol–water partition coefficient (Wildman–Crippen LogP) is 4.49. The molecule has 0 saturated heterocycles. The maximum absolute atomic E-state index is 2.38. The van der Waals surface area contributed by atoms with Gasteiger partial charge in [-0.1, -0.05) is 0 Å². The van der Waals surface area contributed by atoms with E-state index in [0.29, 0.717) is 0 Å². The molecule has 0 saturated carbocycles. The topological polar surface area (TPSA) is 0 Å². The summed E-state index contributed by atoms with van der Waals surface area (Å²) in [6, 6.07) is 0. The van der Waals surface area contributed by atoms with E-state index in [9.17, 15) is 0 Å². The molecule has 1 atom stereocenters. The first-order chi connectivity index (χ1) is 6.27. The summed E-state index contributed by atoms with van der Waals surface area (Å²) in [6.45, 7) is 4.67. The van der Waals surface area contributed by atoms with Crippen molar-refractivity contribution in [2.24, 2.45) is 0 Å². The molecule has 0 radical (unpaired) electrons. The van der Waals surface area contributed by atoms with Gasteiger partial charge in [-0.05, 0) is 0 Å². The molecule has 0 aromatic rings. The van der Waals surface area contributed by atoms with Crippen LogP contribution < -0.4 is 0 Å². The first kappa shape index (κ1) is 14.0. The summed E-state index contributed by atoms with van der Waals surface area (Å²) in [4.78, 5) is 0. The SMILES string of the molecule is CCCCCCCCCC[CH](C)[Na]. The van der Waals surface area contributed by atoms with Gasteiger partial charge in [0.15, 0.2) is 0 Å². The van der Waals surface area contributed by atoms with Crippen molar-refractivity contribution in [3.63, 3.8) is 0 Å².